The van der Waals surface area contributed by atoms with Gasteiger partial charge in [0.1, 0.15) is 6.54 Å². The maximum absolute atomic E-state index is 13.1. The number of nitrogens with zero attached hydrogens (tertiary/aromatic N) is 1. The van der Waals surface area contributed by atoms with Gasteiger partial charge < -0.3 is 5.32 Å². The van der Waals surface area contributed by atoms with Crippen LogP contribution in [0.1, 0.15) is 38.7 Å². The Labute approximate surface area is 156 Å². The largest absolute Gasteiger partial charge is 0.355 e. The predicted molar refractivity (Wildman–Crippen MR) is 105 cm³/mol. The van der Waals surface area contributed by atoms with Crippen LogP contribution in [-0.4, -0.2) is 27.4 Å². The molecule has 2 aromatic rings. The first-order valence-corrected chi connectivity index (χ1v) is 10.2. The van der Waals surface area contributed by atoms with E-state index in [2.05, 4.69) is 19.2 Å². The molecule has 2 rings (SSSR count). The second-order valence-corrected chi connectivity index (χ2v) is 8.28. The lowest BCUT2D eigenvalue weighted by atomic mass is 10.0. The van der Waals surface area contributed by atoms with Crippen molar-refractivity contribution < 1.29 is 13.2 Å². The van der Waals surface area contributed by atoms with E-state index in [1.165, 1.54) is 12.1 Å². The minimum atomic E-state index is -3.83. The maximum Gasteiger partial charge on any atom is 0.264 e. The second kappa shape index (κ2) is 8.85. The topological polar surface area (TPSA) is 66.5 Å². The van der Waals surface area contributed by atoms with Crippen molar-refractivity contribution in [2.75, 3.05) is 17.4 Å². The Morgan fingerprint density at radius 3 is 2.19 bits per heavy atom. The molecule has 140 valence electrons. The third kappa shape index (κ3) is 4.85. The van der Waals surface area contributed by atoms with Crippen molar-refractivity contribution in [3.8, 4) is 0 Å². The number of anilines is 1. The Bertz CT molecular complexity index is 816. The predicted octanol–water partition coefficient (Wildman–Crippen LogP) is 3.53. The number of nitrogens with one attached hydrogen (secondary N) is 1. The van der Waals surface area contributed by atoms with Crippen molar-refractivity contribution in [1.82, 2.24) is 5.32 Å². The van der Waals surface area contributed by atoms with Gasteiger partial charge >= 0.3 is 0 Å². The minimum absolute atomic E-state index is 0.163. The van der Waals surface area contributed by atoms with Gasteiger partial charge in [0.25, 0.3) is 10.0 Å². The van der Waals surface area contributed by atoms with E-state index in [-0.39, 0.29) is 17.3 Å². The number of sulfonamides is 1. The number of carbonyl (C=O) groups excluding carboxylic acids is 1. The maximum atomic E-state index is 13.1. The number of hydrogen-bond donors (Lipinski definition) is 1. The van der Waals surface area contributed by atoms with Crippen LogP contribution >= 0.6 is 0 Å². The summed E-state index contributed by atoms with van der Waals surface area (Å²) in [5, 5.41) is 2.74. The minimum Gasteiger partial charge on any atom is -0.355 e. The molecule has 0 spiro atoms. The molecule has 0 aliphatic rings. The van der Waals surface area contributed by atoms with E-state index < -0.39 is 10.0 Å². The molecule has 0 unspecified atom stereocenters. The van der Waals surface area contributed by atoms with E-state index in [1.54, 1.807) is 30.3 Å². The molecule has 2 aromatic carbocycles. The van der Waals surface area contributed by atoms with Crippen molar-refractivity contribution in [3.05, 3.63) is 60.2 Å². The SMILES string of the molecule is CCCNC(=O)CN(c1ccc(C(C)C)cc1)S(=O)(=O)c1ccccc1. The van der Waals surface area contributed by atoms with Crippen molar-refractivity contribution in [2.24, 2.45) is 0 Å². The van der Waals surface area contributed by atoms with Crippen LogP contribution < -0.4 is 9.62 Å². The van der Waals surface area contributed by atoms with Crippen LogP contribution in [0.4, 0.5) is 5.69 Å². The monoisotopic (exact) mass is 374 g/mol. The molecule has 0 saturated heterocycles. The van der Waals surface area contributed by atoms with Crippen LogP contribution in [0.25, 0.3) is 0 Å². The van der Waals surface area contributed by atoms with Gasteiger partial charge in [-0.3, -0.25) is 9.10 Å². The molecule has 6 heteroatoms. The lowest BCUT2D eigenvalue weighted by Gasteiger charge is -2.24. The Morgan fingerprint density at radius 2 is 1.65 bits per heavy atom. The van der Waals surface area contributed by atoms with E-state index in [0.29, 0.717) is 18.2 Å². The summed E-state index contributed by atoms with van der Waals surface area (Å²) in [6, 6.07) is 15.5. The zero-order valence-corrected chi connectivity index (χ0v) is 16.3. The second-order valence-electron chi connectivity index (χ2n) is 6.42. The summed E-state index contributed by atoms with van der Waals surface area (Å²) < 4.78 is 27.4. The highest BCUT2D eigenvalue weighted by molar-refractivity contribution is 7.92. The van der Waals surface area contributed by atoms with E-state index in [9.17, 15) is 13.2 Å². The first-order valence-electron chi connectivity index (χ1n) is 8.80. The molecular formula is C20H26N2O3S. The van der Waals surface area contributed by atoms with E-state index in [1.807, 2.05) is 19.1 Å². The number of benzene rings is 2. The highest BCUT2D eigenvalue weighted by atomic mass is 32.2. The Kier molecular flexibility index (Phi) is 6.80. The van der Waals surface area contributed by atoms with Gasteiger partial charge in [-0.05, 0) is 42.2 Å². The zero-order chi connectivity index (χ0) is 19.2. The van der Waals surface area contributed by atoms with Crippen molar-refractivity contribution in [3.63, 3.8) is 0 Å². The smallest absolute Gasteiger partial charge is 0.264 e. The Morgan fingerprint density at radius 1 is 1.04 bits per heavy atom. The molecule has 0 bridgehead atoms. The fraction of sp³-hybridized carbons (Fsp3) is 0.350. The van der Waals surface area contributed by atoms with Gasteiger partial charge in [-0.25, -0.2) is 8.42 Å². The van der Waals surface area contributed by atoms with Crippen LogP contribution in [0.15, 0.2) is 59.5 Å². The molecule has 1 N–H and O–H groups in total. The quantitative estimate of drug-likeness (QED) is 0.769. The van der Waals surface area contributed by atoms with Crippen LogP contribution in [0.5, 0.6) is 0 Å². The highest BCUT2D eigenvalue weighted by Gasteiger charge is 2.27. The van der Waals surface area contributed by atoms with Gasteiger partial charge in [0.15, 0.2) is 0 Å². The molecule has 0 radical (unpaired) electrons. The average Bonchev–Trinajstić information content (AvgIpc) is 2.65. The average molecular weight is 375 g/mol. The first kappa shape index (κ1) is 20.0. The number of carbonyl (C=O) groups is 1. The van der Waals surface area contributed by atoms with Crippen molar-refractivity contribution in [1.29, 1.82) is 0 Å². The zero-order valence-electron chi connectivity index (χ0n) is 15.5. The Hall–Kier alpha value is -2.34. The molecule has 5 nitrogen and oxygen atoms in total. The summed E-state index contributed by atoms with van der Waals surface area (Å²) in [6.07, 6.45) is 0.792. The molecule has 0 aliphatic heterocycles. The van der Waals surface area contributed by atoms with E-state index in [4.69, 9.17) is 0 Å². The summed E-state index contributed by atoms with van der Waals surface area (Å²) in [4.78, 5) is 12.4. The van der Waals surface area contributed by atoms with Gasteiger partial charge in [0.2, 0.25) is 5.91 Å². The summed E-state index contributed by atoms with van der Waals surface area (Å²) >= 11 is 0. The summed E-state index contributed by atoms with van der Waals surface area (Å²) in [5.74, 6) is 0.0235. The molecule has 1 amide bonds. The van der Waals surface area contributed by atoms with Crippen molar-refractivity contribution in [2.45, 2.75) is 38.0 Å². The highest BCUT2D eigenvalue weighted by Crippen LogP contribution is 2.25. The van der Waals surface area contributed by atoms with Gasteiger partial charge in [0, 0.05) is 6.54 Å². The fourth-order valence-corrected chi connectivity index (χ4v) is 3.95. The lowest BCUT2D eigenvalue weighted by Crippen LogP contribution is -2.41. The van der Waals surface area contributed by atoms with E-state index >= 15 is 0 Å². The fourth-order valence-electron chi connectivity index (χ4n) is 2.51. The van der Waals surface area contributed by atoms with Crippen molar-refractivity contribution >= 4 is 21.6 Å². The van der Waals surface area contributed by atoms with Crippen LogP contribution in [0.3, 0.4) is 0 Å². The molecule has 0 atom stereocenters. The van der Waals surface area contributed by atoms with Crippen LogP contribution in [0.2, 0.25) is 0 Å². The number of rotatable bonds is 8. The molecule has 0 heterocycles. The standard InChI is InChI=1S/C20H26N2O3S/c1-4-14-21-20(23)15-22(18-12-10-17(11-13-18)16(2)3)26(24,25)19-8-6-5-7-9-19/h5-13,16H,4,14-15H2,1-3H3,(H,21,23). The summed E-state index contributed by atoms with van der Waals surface area (Å²) in [6.45, 7) is 6.36. The number of amides is 1. The molecule has 26 heavy (non-hydrogen) atoms. The molecule has 0 saturated carbocycles. The number of hydrogen-bond acceptors (Lipinski definition) is 3. The van der Waals surface area contributed by atoms with Gasteiger partial charge in [-0.1, -0.05) is 51.1 Å². The van der Waals surface area contributed by atoms with Crippen LogP contribution in [0, 0.1) is 0 Å². The van der Waals surface area contributed by atoms with Gasteiger partial charge in [-0.2, -0.15) is 0 Å². The van der Waals surface area contributed by atoms with Gasteiger partial charge in [0.05, 0.1) is 10.6 Å². The molecular weight excluding hydrogens is 348 g/mol. The first-order chi connectivity index (χ1) is 12.4. The van der Waals surface area contributed by atoms with E-state index in [0.717, 1.165) is 16.3 Å². The normalized spacial score (nSPS) is 11.4. The van der Waals surface area contributed by atoms with Gasteiger partial charge in [-0.15, -0.1) is 0 Å². The third-order valence-electron chi connectivity index (χ3n) is 4.04. The Balaban J connectivity index is 2.40. The lowest BCUT2D eigenvalue weighted by molar-refractivity contribution is -0.119. The molecule has 0 aliphatic carbocycles. The molecule has 0 aromatic heterocycles. The van der Waals surface area contributed by atoms with Crippen LogP contribution in [-0.2, 0) is 14.8 Å². The molecule has 0 fully saturated rings. The summed E-state index contributed by atoms with van der Waals surface area (Å²) in [7, 11) is -3.83. The third-order valence-corrected chi connectivity index (χ3v) is 5.83. The summed E-state index contributed by atoms with van der Waals surface area (Å²) in [5.41, 5.74) is 1.59.